The molecule has 0 saturated heterocycles. The van der Waals surface area contributed by atoms with E-state index in [0.29, 0.717) is 0 Å². The lowest BCUT2D eigenvalue weighted by Crippen LogP contribution is -1.93. The third-order valence-electron chi connectivity index (χ3n) is 3.62. The summed E-state index contributed by atoms with van der Waals surface area (Å²) >= 11 is 0. The highest BCUT2D eigenvalue weighted by Gasteiger charge is 2.07. The van der Waals surface area contributed by atoms with Gasteiger partial charge in [0.2, 0.25) is 0 Å². The molecule has 4 heteroatoms. The molecule has 0 aliphatic carbocycles. The van der Waals surface area contributed by atoms with Crippen molar-refractivity contribution >= 4 is 12.2 Å². The molecule has 0 saturated carbocycles. The molecule has 0 fully saturated rings. The minimum absolute atomic E-state index is 0.753. The smallest absolute Gasteiger partial charge is 0.126 e. The van der Waals surface area contributed by atoms with Crippen molar-refractivity contribution in [3.05, 3.63) is 47.0 Å². The van der Waals surface area contributed by atoms with Gasteiger partial charge in [0.1, 0.15) is 23.0 Å². The Bertz CT molecular complexity index is 657. The minimum atomic E-state index is 0.753. The van der Waals surface area contributed by atoms with Crippen LogP contribution in [0.5, 0.6) is 23.0 Å². The Labute approximate surface area is 137 Å². The van der Waals surface area contributed by atoms with Crippen LogP contribution >= 0.6 is 0 Å². The summed E-state index contributed by atoms with van der Waals surface area (Å²) in [5.41, 5.74) is 2.96. The molecule has 0 amide bonds. The third-order valence-corrected chi connectivity index (χ3v) is 3.62. The molecule has 2 aromatic carbocycles. The van der Waals surface area contributed by atoms with Gasteiger partial charge in [-0.15, -0.1) is 0 Å². The van der Waals surface area contributed by atoms with Crippen LogP contribution in [0.15, 0.2) is 30.3 Å². The largest absolute Gasteiger partial charge is 0.497 e. The van der Waals surface area contributed by atoms with Crippen molar-refractivity contribution in [2.24, 2.45) is 0 Å². The average Bonchev–Trinajstić information content (AvgIpc) is 2.60. The first-order valence-electron chi connectivity index (χ1n) is 7.25. The van der Waals surface area contributed by atoms with Crippen molar-refractivity contribution in [1.29, 1.82) is 0 Å². The van der Waals surface area contributed by atoms with Crippen LogP contribution in [-0.4, -0.2) is 28.4 Å². The number of hydrogen-bond acceptors (Lipinski definition) is 4. The molecule has 0 bridgehead atoms. The predicted octanol–water partition coefficient (Wildman–Crippen LogP) is 4.20. The van der Waals surface area contributed by atoms with Gasteiger partial charge in [0.15, 0.2) is 0 Å². The van der Waals surface area contributed by atoms with Crippen LogP contribution < -0.4 is 18.9 Å². The zero-order chi connectivity index (χ0) is 16.8. The summed E-state index contributed by atoms with van der Waals surface area (Å²) in [5.74, 6) is 3.10. The highest BCUT2D eigenvalue weighted by Crippen LogP contribution is 2.30. The van der Waals surface area contributed by atoms with E-state index in [1.165, 1.54) is 0 Å². The Morgan fingerprint density at radius 2 is 1.04 bits per heavy atom. The summed E-state index contributed by atoms with van der Waals surface area (Å²) < 4.78 is 21.4. The van der Waals surface area contributed by atoms with Gasteiger partial charge in [-0.3, -0.25) is 0 Å². The molecule has 23 heavy (non-hydrogen) atoms. The molecule has 0 aliphatic rings. The van der Waals surface area contributed by atoms with Crippen molar-refractivity contribution in [1.82, 2.24) is 0 Å². The number of benzene rings is 2. The molecule has 2 rings (SSSR count). The van der Waals surface area contributed by atoms with Gasteiger partial charge in [0.05, 0.1) is 28.4 Å². The van der Waals surface area contributed by atoms with Gasteiger partial charge in [0.25, 0.3) is 0 Å². The second kappa shape index (κ2) is 7.58. The first kappa shape index (κ1) is 16.7. The molecule has 2 aromatic rings. The first-order chi connectivity index (χ1) is 11.1. The van der Waals surface area contributed by atoms with Gasteiger partial charge in [0, 0.05) is 11.6 Å². The van der Waals surface area contributed by atoms with Crippen LogP contribution in [0.1, 0.15) is 16.7 Å². The second-order valence-corrected chi connectivity index (χ2v) is 5.03. The third kappa shape index (κ3) is 3.97. The molecular weight excluding hydrogens is 292 g/mol. The van der Waals surface area contributed by atoms with Crippen LogP contribution in [-0.2, 0) is 0 Å². The van der Waals surface area contributed by atoms with Gasteiger partial charge in [-0.05, 0) is 42.3 Å². The molecule has 0 radical (unpaired) electrons. The van der Waals surface area contributed by atoms with Gasteiger partial charge in [-0.2, -0.15) is 0 Å². The maximum Gasteiger partial charge on any atom is 0.126 e. The Balaban J connectivity index is 2.36. The standard InChI is InChI=1S/C19H22O4/c1-13-18(22-4)10-15(11-19(13)23-5)7-6-14-8-16(20-2)12-17(9-14)21-3/h6-12H,1-5H3. The van der Waals surface area contributed by atoms with Crippen molar-refractivity contribution in [2.45, 2.75) is 6.92 Å². The molecule has 0 N–H and O–H groups in total. The van der Waals surface area contributed by atoms with Crippen LogP contribution in [0.25, 0.3) is 12.2 Å². The quantitative estimate of drug-likeness (QED) is 0.749. The summed E-state index contributed by atoms with van der Waals surface area (Å²) in [4.78, 5) is 0. The van der Waals surface area contributed by atoms with E-state index in [4.69, 9.17) is 18.9 Å². The maximum absolute atomic E-state index is 5.40. The lowest BCUT2D eigenvalue weighted by molar-refractivity contribution is 0.388. The number of hydrogen-bond donors (Lipinski definition) is 0. The van der Waals surface area contributed by atoms with Gasteiger partial charge in [-0.25, -0.2) is 0 Å². The van der Waals surface area contributed by atoms with Crippen molar-refractivity contribution in [3.8, 4) is 23.0 Å². The summed E-state index contributed by atoms with van der Waals surface area (Å²) in [7, 11) is 6.58. The monoisotopic (exact) mass is 314 g/mol. The summed E-state index contributed by atoms with van der Waals surface area (Å²) in [5, 5.41) is 0. The fraction of sp³-hybridized carbons (Fsp3) is 0.263. The highest BCUT2D eigenvalue weighted by atomic mass is 16.5. The first-order valence-corrected chi connectivity index (χ1v) is 7.25. The molecule has 4 nitrogen and oxygen atoms in total. The number of ether oxygens (including phenoxy) is 4. The van der Waals surface area contributed by atoms with Crippen LogP contribution in [0.2, 0.25) is 0 Å². The van der Waals surface area contributed by atoms with E-state index in [0.717, 1.165) is 39.7 Å². The van der Waals surface area contributed by atoms with Crippen LogP contribution in [0.4, 0.5) is 0 Å². The van der Waals surface area contributed by atoms with E-state index in [1.807, 2.05) is 49.4 Å². The molecule has 0 aromatic heterocycles. The Morgan fingerprint density at radius 1 is 0.609 bits per heavy atom. The van der Waals surface area contributed by atoms with E-state index in [2.05, 4.69) is 0 Å². The molecule has 0 aliphatic heterocycles. The lowest BCUT2D eigenvalue weighted by Gasteiger charge is -2.11. The summed E-state index contributed by atoms with van der Waals surface area (Å²) in [6.07, 6.45) is 3.99. The molecular formula is C19H22O4. The molecule has 0 unspecified atom stereocenters. The Morgan fingerprint density at radius 3 is 1.43 bits per heavy atom. The van der Waals surface area contributed by atoms with Crippen molar-refractivity contribution in [3.63, 3.8) is 0 Å². The van der Waals surface area contributed by atoms with Crippen LogP contribution in [0.3, 0.4) is 0 Å². The van der Waals surface area contributed by atoms with E-state index in [1.54, 1.807) is 28.4 Å². The minimum Gasteiger partial charge on any atom is -0.497 e. The van der Waals surface area contributed by atoms with Crippen molar-refractivity contribution < 1.29 is 18.9 Å². The number of rotatable bonds is 6. The zero-order valence-electron chi connectivity index (χ0n) is 14.2. The predicted molar refractivity (Wildman–Crippen MR) is 92.8 cm³/mol. The van der Waals surface area contributed by atoms with Crippen molar-refractivity contribution in [2.75, 3.05) is 28.4 Å². The van der Waals surface area contributed by atoms with E-state index in [9.17, 15) is 0 Å². The van der Waals surface area contributed by atoms with Gasteiger partial charge < -0.3 is 18.9 Å². The topological polar surface area (TPSA) is 36.9 Å². The fourth-order valence-corrected chi connectivity index (χ4v) is 2.32. The highest BCUT2D eigenvalue weighted by molar-refractivity contribution is 5.73. The normalized spacial score (nSPS) is 10.7. The fourth-order valence-electron chi connectivity index (χ4n) is 2.32. The lowest BCUT2D eigenvalue weighted by atomic mass is 10.1. The summed E-state index contributed by atoms with van der Waals surface area (Å²) in [6.45, 7) is 1.97. The van der Waals surface area contributed by atoms with Gasteiger partial charge >= 0.3 is 0 Å². The number of methoxy groups -OCH3 is 4. The van der Waals surface area contributed by atoms with Gasteiger partial charge in [-0.1, -0.05) is 12.2 Å². The van der Waals surface area contributed by atoms with E-state index in [-0.39, 0.29) is 0 Å². The van der Waals surface area contributed by atoms with E-state index < -0.39 is 0 Å². The van der Waals surface area contributed by atoms with E-state index >= 15 is 0 Å². The average molecular weight is 314 g/mol. The molecule has 0 atom stereocenters. The SMILES string of the molecule is COc1cc(C=Cc2cc(OC)c(C)c(OC)c2)cc(OC)c1. The Kier molecular flexibility index (Phi) is 5.52. The molecule has 122 valence electrons. The zero-order valence-corrected chi connectivity index (χ0v) is 14.2. The maximum atomic E-state index is 5.40. The Hall–Kier alpha value is -2.62. The molecule has 0 heterocycles. The summed E-state index contributed by atoms with van der Waals surface area (Å²) in [6, 6.07) is 9.69. The molecule has 0 spiro atoms. The van der Waals surface area contributed by atoms with Crippen LogP contribution in [0, 0.1) is 6.92 Å². The second-order valence-electron chi connectivity index (χ2n) is 5.03.